The molecule has 1 amide bonds. The number of likely N-dealkylation sites (tertiary alicyclic amines) is 1. The lowest BCUT2D eigenvalue weighted by Gasteiger charge is -2.41. The Morgan fingerprint density at radius 2 is 2.00 bits per heavy atom. The van der Waals surface area contributed by atoms with Crippen molar-refractivity contribution >= 4 is 17.2 Å². The highest BCUT2D eigenvalue weighted by molar-refractivity contribution is 7.13. The molecule has 0 N–H and O–H groups in total. The van der Waals surface area contributed by atoms with E-state index in [-0.39, 0.29) is 17.8 Å². The zero-order valence-corrected chi connectivity index (χ0v) is 16.3. The predicted molar refractivity (Wildman–Crippen MR) is 105 cm³/mol. The minimum absolute atomic E-state index is 0.191. The average molecular weight is 398 g/mol. The van der Waals surface area contributed by atoms with Gasteiger partial charge in [0, 0.05) is 17.5 Å². The molecule has 5 nitrogen and oxygen atoms in total. The lowest BCUT2D eigenvalue weighted by molar-refractivity contribution is 0.0448. The summed E-state index contributed by atoms with van der Waals surface area (Å²) < 4.78 is 24.9. The van der Waals surface area contributed by atoms with Crippen molar-refractivity contribution in [3.8, 4) is 22.1 Å². The van der Waals surface area contributed by atoms with Gasteiger partial charge < -0.3 is 14.4 Å². The van der Waals surface area contributed by atoms with E-state index in [2.05, 4.69) is 4.98 Å². The fourth-order valence-corrected chi connectivity index (χ4v) is 4.21. The minimum Gasteiger partial charge on any atom is -0.493 e. The third kappa shape index (κ3) is 3.11. The van der Waals surface area contributed by atoms with Gasteiger partial charge in [-0.2, -0.15) is 0 Å². The van der Waals surface area contributed by atoms with Crippen molar-refractivity contribution in [1.29, 1.82) is 0 Å². The van der Waals surface area contributed by atoms with Crippen LogP contribution in [0.3, 0.4) is 0 Å². The molecule has 3 aromatic rings. The Labute approximate surface area is 166 Å². The summed E-state index contributed by atoms with van der Waals surface area (Å²) in [6.45, 7) is 0.590. The molecule has 1 aliphatic heterocycles. The van der Waals surface area contributed by atoms with E-state index in [1.165, 1.54) is 17.4 Å². The number of methoxy groups -OCH3 is 2. The van der Waals surface area contributed by atoms with Gasteiger partial charge in [0.05, 0.1) is 25.8 Å². The van der Waals surface area contributed by atoms with E-state index in [1.54, 1.807) is 48.8 Å². The van der Waals surface area contributed by atoms with Crippen LogP contribution in [-0.2, 0) is 0 Å². The van der Waals surface area contributed by atoms with Crippen LogP contribution in [0.2, 0.25) is 0 Å². The molecule has 28 heavy (non-hydrogen) atoms. The van der Waals surface area contributed by atoms with Crippen molar-refractivity contribution in [3.05, 3.63) is 64.9 Å². The first-order chi connectivity index (χ1) is 13.6. The monoisotopic (exact) mass is 398 g/mol. The molecule has 1 saturated heterocycles. The maximum absolute atomic E-state index is 14.1. The Bertz CT molecular complexity index is 1020. The van der Waals surface area contributed by atoms with Crippen molar-refractivity contribution in [2.75, 3.05) is 20.8 Å². The third-order valence-corrected chi connectivity index (χ3v) is 5.78. The van der Waals surface area contributed by atoms with Gasteiger partial charge in [0.2, 0.25) is 0 Å². The Balaban J connectivity index is 1.60. The maximum atomic E-state index is 14.1. The van der Waals surface area contributed by atoms with Crippen molar-refractivity contribution in [2.24, 2.45) is 0 Å². The normalized spacial score (nSPS) is 15.8. The highest BCUT2D eigenvalue weighted by Crippen LogP contribution is 2.40. The number of carbonyl (C=O) groups excluding carboxylic acids is 1. The van der Waals surface area contributed by atoms with Gasteiger partial charge in [0.15, 0.2) is 11.5 Å². The number of amides is 1. The molecule has 0 bridgehead atoms. The molecular formula is C21H19FN2O3S. The molecule has 0 radical (unpaired) electrons. The van der Waals surface area contributed by atoms with E-state index < -0.39 is 0 Å². The smallest absolute Gasteiger partial charge is 0.273 e. The molecule has 1 fully saturated rings. The topological polar surface area (TPSA) is 51.7 Å². The molecule has 1 aliphatic rings. The molecule has 0 saturated carbocycles. The van der Waals surface area contributed by atoms with Gasteiger partial charge in [-0.1, -0.05) is 24.3 Å². The number of nitrogens with zero attached hydrogens (tertiary/aromatic N) is 2. The summed E-state index contributed by atoms with van der Waals surface area (Å²) in [6.07, 6.45) is 0.743. The van der Waals surface area contributed by atoms with E-state index in [9.17, 15) is 9.18 Å². The summed E-state index contributed by atoms with van der Waals surface area (Å²) >= 11 is 1.36. The fourth-order valence-electron chi connectivity index (χ4n) is 3.40. The molecule has 0 aliphatic carbocycles. The molecule has 144 valence electrons. The van der Waals surface area contributed by atoms with Crippen LogP contribution in [0.1, 0.15) is 28.5 Å². The number of hydrogen-bond acceptors (Lipinski definition) is 5. The fraction of sp³-hybridized carbons (Fsp3) is 0.238. The van der Waals surface area contributed by atoms with E-state index in [4.69, 9.17) is 9.47 Å². The molecular weight excluding hydrogens is 379 g/mol. The molecule has 2 aromatic carbocycles. The molecule has 1 aromatic heterocycles. The van der Waals surface area contributed by atoms with Crippen LogP contribution in [0.25, 0.3) is 10.6 Å². The number of rotatable bonds is 5. The van der Waals surface area contributed by atoms with Gasteiger partial charge in [0.1, 0.15) is 16.5 Å². The first-order valence-electron chi connectivity index (χ1n) is 8.86. The SMILES string of the molecule is COc1cccc(-c2nc(C(=O)N3CC[C@@H]3c3ccccc3F)cs2)c1OC. The van der Waals surface area contributed by atoms with E-state index >= 15 is 0 Å². The second-order valence-electron chi connectivity index (χ2n) is 6.40. The molecule has 0 spiro atoms. The molecule has 0 unspecified atom stereocenters. The number of benzene rings is 2. The van der Waals surface area contributed by atoms with Crippen LogP contribution >= 0.6 is 11.3 Å². The standard InChI is InChI=1S/C21H19FN2O3S/c1-26-18-9-5-7-14(19(18)27-2)20-23-16(12-28-20)21(25)24-11-10-17(24)13-6-3-4-8-15(13)22/h3-9,12,17H,10-11H2,1-2H3/t17-/m1/s1. The maximum Gasteiger partial charge on any atom is 0.273 e. The van der Waals surface area contributed by atoms with Gasteiger partial charge >= 0.3 is 0 Å². The molecule has 4 rings (SSSR count). The largest absolute Gasteiger partial charge is 0.493 e. The van der Waals surface area contributed by atoms with Crippen LogP contribution in [0.4, 0.5) is 4.39 Å². The Hall–Kier alpha value is -2.93. The number of ether oxygens (including phenoxy) is 2. The number of carbonyl (C=O) groups is 1. The van der Waals surface area contributed by atoms with Crippen LogP contribution in [0.5, 0.6) is 11.5 Å². The third-order valence-electron chi connectivity index (χ3n) is 4.90. The van der Waals surface area contributed by atoms with Crippen LogP contribution in [0.15, 0.2) is 47.8 Å². The van der Waals surface area contributed by atoms with Crippen LogP contribution in [0, 0.1) is 5.82 Å². The second-order valence-corrected chi connectivity index (χ2v) is 7.26. The number of thiazole rings is 1. The summed E-state index contributed by atoms with van der Waals surface area (Å²) in [5.41, 5.74) is 1.66. The zero-order chi connectivity index (χ0) is 19.7. The number of para-hydroxylation sites is 1. The number of aromatic nitrogens is 1. The summed E-state index contributed by atoms with van der Waals surface area (Å²) in [5, 5.41) is 2.40. The van der Waals surface area contributed by atoms with Gasteiger partial charge in [-0.15, -0.1) is 11.3 Å². The zero-order valence-electron chi connectivity index (χ0n) is 15.5. The van der Waals surface area contributed by atoms with Crippen LogP contribution < -0.4 is 9.47 Å². The molecule has 2 heterocycles. The van der Waals surface area contributed by atoms with Crippen molar-refractivity contribution in [3.63, 3.8) is 0 Å². The van der Waals surface area contributed by atoms with E-state index in [0.717, 1.165) is 12.0 Å². The van der Waals surface area contributed by atoms with E-state index in [0.29, 0.717) is 34.3 Å². The Morgan fingerprint density at radius 3 is 2.68 bits per heavy atom. The Morgan fingerprint density at radius 1 is 1.18 bits per heavy atom. The summed E-state index contributed by atoms with van der Waals surface area (Å²) in [7, 11) is 3.14. The summed E-state index contributed by atoms with van der Waals surface area (Å²) in [5.74, 6) is 0.700. The second kappa shape index (κ2) is 7.59. The van der Waals surface area contributed by atoms with Gasteiger partial charge in [-0.25, -0.2) is 9.37 Å². The van der Waals surface area contributed by atoms with Gasteiger partial charge in [-0.3, -0.25) is 4.79 Å². The van der Waals surface area contributed by atoms with Crippen molar-refractivity contribution < 1.29 is 18.7 Å². The first-order valence-corrected chi connectivity index (χ1v) is 9.74. The quantitative estimate of drug-likeness (QED) is 0.633. The predicted octanol–water partition coefficient (Wildman–Crippen LogP) is 4.55. The lowest BCUT2D eigenvalue weighted by Crippen LogP contribution is -2.45. The number of hydrogen-bond donors (Lipinski definition) is 0. The van der Waals surface area contributed by atoms with Gasteiger partial charge in [-0.05, 0) is 24.6 Å². The number of halogens is 1. The first kappa shape index (κ1) is 18.4. The highest BCUT2D eigenvalue weighted by Gasteiger charge is 2.36. The van der Waals surface area contributed by atoms with Crippen molar-refractivity contribution in [1.82, 2.24) is 9.88 Å². The minimum atomic E-state index is -0.287. The summed E-state index contributed by atoms with van der Waals surface area (Å²) in [6, 6.07) is 11.9. The lowest BCUT2D eigenvalue weighted by atomic mass is 9.94. The Kier molecular flexibility index (Phi) is 5.00. The average Bonchev–Trinajstić information content (AvgIpc) is 3.18. The van der Waals surface area contributed by atoms with E-state index in [1.807, 2.05) is 12.1 Å². The molecule has 1 atom stereocenters. The molecule has 7 heteroatoms. The highest BCUT2D eigenvalue weighted by atomic mass is 32.1. The summed E-state index contributed by atoms with van der Waals surface area (Å²) in [4.78, 5) is 19.1. The van der Waals surface area contributed by atoms with Crippen molar-refractivity contribution in [2.45, 2.75) is 12.5 Å². The van der Waals surface area contributed by atoms with Gasteiger partial charge in [0.25, 0.3) is 5.91 Å². The van der Waals surface area contributed by atoms with Crippen LogP contribution in [-0.4, -0.2) is 36.6 Å².